The van der Waals surface area contributed by atoms with Gasteiger partial charge < -0.3 is 15.2 Å². The molecule has 1 aromatic carbocycles. The van der Waals surface area contributed by atoms with E-state index in [1.54, 1.807) is 37.4 Å². The molecule has 1 atom stereocenters. The molecular formula is C16H17ClN2O4. The first-order chi connectivity index (χ1) is 10.9. The van der Waals surface area contributed by atoms with Crippen LogP contribution in [0.15, 0.2) is 30.5 Å². The van der Waals surface area contributed by atoms with Crippen molar-refractivity contribution in [1.82, 2.24) is 10.3 Å². The standard InChI is InChI=1S/C16H17ClN2O4/c1-3-16(2,15(21)22)19-13(20)9-23-12-7-6-11(17)10-5-4-8-18-14(10)12/h4-8H,3,9H2,1-2H3,(H,19,20)(H,21,22). The van der Waals surface area contributed by atoms with Crippen molar-refractivity contribution in [3.8, 4) is 5.75 Å². The van der Waals surface area contributed by atoms with E-state index in [0.717, 1.165) is 5.39 Å². The number of fused-ring (bicyclic) bond motifs is 1. The van der Waals surface area contributed by atoms with Crippen molar-refractivity contribution in [3.05, 3.63) is 35.5 Å². The molecule has 0 fully saturated rings. The number of halogens is 1. The Balaban J connectivity index is 2.11. The Morgan fingerprint density at radius 3 is 2.78 bits per heavy atom. The number of aromatic nitrogens is 1. The highest BCUT2D eigenvalue weighted by atomic mass is 35.5. The largest absolute Gasteiger partial charge is 0.481 e. The fourth-order valence-electron chi connectivity index (χ4n) is 2.01. The SMILES string of the molecule is CCC(C)(NC(=O)COc1ccc(Cl)c2cccnc12)C(=O)O. The number of benzene rings is 1. The summed E-state index contributed by atoms with van der Waals surface area (Å²) in [6, 6.07) is 6.84. The molecular weight excluding hydrogens is 320 g/mol. The maximum Gasteiger partial charge on any atom is 0.329 e. The lowest BCUT2D eigenvalue weighted by Crippen LogP contribution is -2.53. The Morgan fingerprint density at radius 2 is 2.13 bits per heavy atom. The predicted octanol–water partition coefficient (Wildman–Crippen LogP) is 2.64. The van der Waals surface area contributed by atoms with Gasteiger partial charge in [-0.2, -0.15) is 0 Å². The third-order valence-corrected chi connectivity index (χ3v) is 3.96. The summed E-state index contributed by atoms with van der Waals surface area (Å²) in [6.07, 6.45) is 1.86. The van der Waals surface area contributed by atoms with Crippen molar-refractivity contribution in [2.75, 3.05) is 6.61 Å². The lowest BCUT2D eigenvalue weighted by atomic mass is 9.99. The number of pyridine rings is 1. The third kappa shape index (κ3) is 3.71. The Bertz CT molecular complexity index is 750. The lowest BCUT2D eigenvalue weighted by molar-refractivity contribution is -0.147. The van der Waals surface area contributed by atoms with Crippen molar-refractivity contribution in [3.63, 3.8) is 0 Å². The maximum atomic E-state index is 12.0. The maximum absolute atomic E-state index is 12.0. The zero-order valence-corrected chi connectivity index (χ0v) is 13.6. The summed E-state index contributed by atoms with van der Waals surface area (Å²) in [5.41, 5.74) is -0.773. The predicted molar refractivity (Wildman–Crippen MR) is 86.7 cm³/mol. The van der Waals surface area contributed by atoms with Gasteiger partial charge in [0, 0.05) is 11.6 Å². The van der Waals surface area contributed by atoms with Gasteiger partial charge in [-0.15, -0.1) is 0 Å². The molecule has 0 saturated carbocycles. The van der Waals surface area contributed by atoms with E-state index in [9.17, 15) is 9.59 Å². The summed E-state index contributed by atoms with van der Waals surface area (Å²) in [5, 5.41) is 12.9. The topological polar surface area (TPSA) is 88.5 Å². The number of carboxylic acid groups (broad SMARTS) is 1. The van der Waals surface area contributed by atoms with Crippen molar-refractivity contribution in [1.29, 1.82) is 0 Å². The van der Waals surface area contributed by atoms with Gasteiger partial charge in [0.05, 0.1) is 5.02 Å². The molecule has 6 nitrogen and oxygen atoms in total. The number of nitrogens with one attached hydrogen (secondary N) is 1. The third-order valence-electron chi connectivity index (χ3n) is 3.63. The van der Waals surface area contributed by atoms with E-state index in [1.165, 1.54) is 6.92 Å². The van der Waals surface area contributed by atoms with Crippen LogP contribution in [0.2, 0.25) is 5.02 Å². The van der Waals surface area contributed by atoms with Crippen molar-refractivity contribution < 1.29 is 19.4 Å². The van der Waals surface area contributed by atoms with Gasteiger partial charge >= 0.3 is 5.97 Å². The number of rotatable bonds is 6. The van der Waals surface area contributed by atoms with Gasteiger partial charge in [-0.25, -0.2) is 4.79 Å². The Hall–Kier alpha value is -2.34. The molecule has 0 aliphatic carbocycles. The van der Waals surface area contributed by atoms with Gasteiger partial charge in [0.2, 0.25) is 0 Å². The Morgan fingerprint density at radius 1 is 1.39 bits per heavy atom. The number of carboxylic acids is 1. The fourth-order valence-corrected chi connectivity index (χ4v) is 2.22. The van der Waals surface area contributed by atoms with Gasteiger partial charge in [0.25, 0.3) is 5.91 Å². The average Bonchev–Trinajstić information content (AvgIpc) is 2.54. The van der Waals surface area contributed by atoms with Crippen LogP contribution in [0.1, 0.15) is 20.3 Å². The van der Waals surface area contributed by atoms with Crippen LogP contribution in [-0.4, -0.2) is 34.1 Å². The quantitative estimate of drug-likeness (QED) is 0.846. The van der Waals surface area contributed by atoms with Crippen LogP contribution in [0.25, 0.3) is 10.9 Å². The summed E-state index contributed by atoms with van der Waals surface area (Å²) in [6.45, 7) is 2.83. The van der Waals surface area contributed by atoms with Crippen molar-refractivity contribution >= 4 is 34.4 Å². The number of carbonyl (C=O) groups excluding carboxylic acids is 1. The summed E-state index contributed by atoms with van der Waals surface area (Å²) in [7, 11) is 0. The highest BCUT2D eigenvalue weighted by Gasteiger charge is 2.32. The van der Waals surface area contributed by atoms with E-state index >= 15 is 0 Å². The molecule has 0 bridgehead atoms. The molecule has 1 aromatic heterocycles. The Labute approximate surface area is 138 Å². The normalized spacial score (nSPS) is 13.3. The number of amides is 1. The minimum Gasteiger partial charge on any atom is -0.481 e. The molecule has 2 rings (SSSR count). The molecule has 1 unspecified atom stereocenters. The lowest BCUT2D eigenvalue weighted by Gasteiger charge is -2.24. The van der Waals surface area contributed by atoms with Gasteiger partial charge in [0.15, 0.2) is 6.61 Å². The summed E-state index contributed by atoms with van der Waals surface area (Å²) < 4.78 is 5.48. The van der Waals surface area contributed by atoms with E-state index < -0.39 is 17.4 Å². The first-order valence-electron chi connectivity index (χ1n) is 7.08. The summed E-state index contributed by atoms with van der Waals surface area (Å²) >= 11 is 6.09. The molecule has 0 radical (unpaired) electrons. The van der Waals surface area contributed by atoms with Crippen LogP contribution in [0, 0.1) is 0 Å². The number of ether oxygens (including phenoxy) is 1. The van der Waals surface area contributed by atoms with E-state index in [-0.39, 0.29) is 13.0 Å². The molecule has 1 heterocycles. The second kappa shape index (κ2) is 6.83. The van der Waals surface area contributed by atoms with Crippen LogP contribution in [-0.2, 0) is 9.59 Å². The molecule has 0 spiro atoms. The van der Waals surface area contributed by atoms with E-state index in [4.69, 9.17) is 21.4 Å². The smallest absolute Gasteiger partial charge is 0.329 e. The van der Waals surface area contributed by atoms with Crippen LogP contribution < -0.4 is 10.1 Å². The molecule has 2 aromatic rings. The Kier molecular flexibility index (Phi) is 5.05. The number of aliphatic carboxylic acids is 1. The van der Waals surface area contributed by atoms with Gasteiger partial charge in [-0.05, 0) is 37.6 Å². The van der Waals surface area contributed by atoms with E-state index in [1.807, 2.05) is 0 Å². The highest BCUT2D eigenvalue weighted by Crippen LogP contribution is 2.29. The van der Waals surface area contributed by atoms with Crippen LogP contribution >= 0.6 is 11.6 Å². The molecule has 0 saturated heterocycles. The number of hydrogen-bond donors (Lipinski definition) is 2. The van der Waals surface area contributed by atoms with Gasteiger partial charge in [0.1, 0.15) is 16.8 Å². The van der Waals surface area contributed by atoms with Crippen molar-refractivity contribution in [2.24, 2.45) is 0 Å². The number of nitrogens with zero attached hydrogens (tertiary/aromatic N) is 1. The highest BCUT2D eigenvalue weighted by molar-refractivity contribution is 6.35. The first kappa shape index (κ1) is 17.0. The fraction of sp³-hybridized carbons (Fsp3) is 0.312. The zero-order chi connectivity index (χ0) is 17.0. The zero-order valence-electron chi connectivity index (χ0n) is 12.8. The second-order valence-corrected chi connectivity index (χ2v) is 5.68. The molecule has 0 aliphatic heterocycles. The van der Waals surface area contributed by atoms with Crippen molar-refractivity contribution in [2.45, 2.75) is 25.8 Å². The van der Waals surface area contributed by atoms with Crippen LogP contribution in [0.5, 0.6) is 5.75 Å². The number of carbonyl (C=O) groups is 2. The molecule has 7 heteroatoms. The van der Waals surface area contributed by atoms with Crippen LogP contribution in [0.4, 0.5) is 0 Å². The molecule has 23 heavy (non-hydrogen) atoms. The monoisotopic (exact) mass is 336 g/mol. The molecule has 122 valence electrons. The van der Waals surface area contributed by atoms with Crippen LogP contribution in [0.3, 0.4) is 0 Å². The molecule has 2 N–H and O–H groups in total. The molecule has 1 amide bonds. The van der Waals surface area contributed by atoms with E-state index in [2.05, 4.69) is 10.3 Å². The van der Waals surface area contributed by atoms with Gasteiger partial charge in [-0.3, -0.25) is 9.78 Å². The average molecular weight is 337 g/mol. The number of hydrogen-bond acceptors (Lipinski definition) is 4. The first-order valence-corrected chi connectivity index (χ1v) is 7.45. The summed E-state index contributed by atoms with van der Waals surface area (Å²) in [5.74, 6) is -1.20. The minimum atomic E-state index is -1.32. The second-order valence-electron chi connectivity index (χ2n) is 5.27. The minimum absolute atomic E-state index is 0.263. The summed E-state index contributed by atoms with van der Waals surface area (Å²) in [4.78, 5) is 27.4. The van der Waals surface area contributed by atoms with E-state index in [0.29, 0.717) is 16.3 Å². The van der Waals surface area contributed by atoms with Gasteiger partial charge in [-0.1, -0.05) is 18.5 Å². The molecule has 0 aliphatic rings.